The van der Waals surface area contributed by atoms with Gasteiger partial charge >= 0.3 is 0 Å². The van der Waals surface area contributed by atoms with Gasteiger partial charge in [0.1, 0.15) is 0 Å². The van der Waals surface area contributed by atoms with Gasteiger partial charge in [0.05, 0.1) is 0 Å². The third-order valence-corrected chi connectivity index (χ3v) is 4.68. The first-order valence-corrected chi connectivity index (χ1v) is 8.98. The standard InChI is InChI=1S/C19H30N4O/c1-20-18(24)17-11-9-16(10-12-17)14-23-19(21-2)22-13-5-8-15-6-3-4-7-15/h9-12,15H,3-8,13-14H2,1-2H3,(H,20,24)(H2,21,22,23). The summed E-state index contributed by atoms with van der Waals surface area (Å²) in [5, 5.41) is 9.32. The van der Waals surface area contributed by atoms with E-state index < -0.39 is 0 Å². The fourth-order valence-electron chi connectivity index (χ4n) is 3.22. The minimum atomic E-state index is -0.0609. The number of amides is 1. The van der Waals surface area contributed by atoms with Gasteiger partial charge in [0.25, 0.3) is 5.91 Å². The quantitative estimate of drug-likeness (QED) is 0.409. The van der Waals surface area contributed by atoms with Crippen LogP contribution in [0.4, 0.5) is 0 Å². The van der Waals surface area contributed by atoms with Crippen LogP contribution in [0, 0.1) is 5.92 Å². The predicted octanol–water partition coefficient (Wildman–Crippen LogP) is 2.68. The van der Waals surface area contributed by atoms with Crippen LogP contribution in [0.1, 0.15) is 54.4 Å². The molecular weight excluding hydrogens is 300 g/mol. The number of hydrogen-bond donors (Lipinski definition) is 3. The highest BCUT2D eigenvalue weighted by Gasteiger charge is 2.14. The first-order chi connectivity index (χ1) is 11.7. The molecule has 0 aliphatic heterocycles. The lowest BCUT2D eigenvalue weighted by Gasteiger charge is -2.13. The first-order valence-electron chi connectivity index (χ1n) is 8.98. The van der Waals surface area contributed by atoms with E-state index >= 15 is 0 Å². The average Bonchev–Trinajstić information content (AvgIpc) is 3.14. The number of carbonyl (C=O) groups excluding carboxylic acids is 1. The summed E-state index contributed by atoms with van der Waals surface area (Å²) in [4.78, 5) is 15.8. The lowest BCUT2D eigenvalue weighted by Crippen LogP contribution is -2.37. The Balaban J connectivity index is 1.67. The molecule has 0 saturated heterocycles. The maximum atomic E-state index is 11.5. The van der Waals surface area contributed by atoms with E-state index in [0.717, 1.165) is 24.0 Å². The molecule has 1 saturated carbocycles. The summed E-state index contributed by atoms with van der Waals surface area (Å²) in [7, 11) is 3.43. The summed E-state index contributed by atoms with van der Waals surface area (Å²) in [6.07, 6.45) is 8.19. The summed E-state index contributed by atoms with van der Waals surface area (Å²) in [6, 6.07) is 7.61. The zero-order valence-corrected chi connectivity index (χ0v) is 14.9. The van der Waals surface area contributed by atoms with Crippen molar-refractivity contribution >= 4 is 11.9 Å². The molecular formula is C19H30N4O. The van der Waals surface area contributed by atoms with Crippen molar-refractivity contribution in [2.75, 3.05) is 20.6 Å². The van der Waals surface area contributed by atoms with Crippen LogP contribution in [0.2, 0.25) is 0 Å². The summed E-state index contributed by atoms with van der Waals surface area (Å²) in [6.45, 7) is 1.65. The van der Waals surface area contributed by atoms with Gasteiger partial charge in [-0.15, -0.1) is 0 Å². The van der Waals surface area contributed by atoms with Gasteiger partial charge in [-0.1, -0.05) is 37.8 Å². The molecule has 1 aliphatic carbocycles. The van der Waals surface area contributed by atoms with Crippen molar-refractivity contribution in [1.29, 1.82) is 0 Å². The molecule has 1 aliphatic rings. The van der Waals surface area contributed by atoms with Crippen LogP contribution in [-0.4, -0.2) is 32.5 Å². The van der Waals surface area contributed by atoms with Gasteiger partial charge in [-0.2, -0.15) is 0 Å². The third-order valence-electron chi connectivity index (χ3n) is 4.68. The Hall–Kier alpha value is -2.04. The van der Waals surface area contributed by atoms with Crippen LogP contribution in [0.5, 0.6) is 0 Å². The number of nitrogens with one attached hydrogen (secondary N) is 3. The molecule has 5 heteroatoms. The highest BCUT2D eigenvalue weighted by Crippen LogP contribution is 2.28. The van der Waals surface area contributed by atoms with Crippen molar-refractivity contribution in [3.05, 3.63) is 35.4 Å². The number of carbonyl (C=O) groups is 1. The van der Waals surface area contributed by atoms with Gasteiger partial charge in [-0.3, -0.25) is 9.79 Å². The van der Waals surface area contributed by atoms with E-state index in [-0.39, 0.29) is 5.91 Å². The normalized spacial score (nSPS) is 15.3. The second kappa shape index (κ2) is 9.96. The number of hydrogen-bond acceptors (Lipinski definition) is 2. The number of aliphatic imine (C=N–C) groups is 1. The molecule has 0 atom stereocenters. The van der Waals surface area contributed by atoms with E-state index in [0.29, 0.717) is 12.1 Å². The molecule has 0 radical (unpaired) electrons. The maximum Gasteiger partial charge on any atom is 0.251 e. The van der Waals surface area contributed by atoms with Crippen molar-refractivity contribution in [1.82, 2.24) is 16.0 Å². The lowest BCUT2D eigenvalue weighted by molar-refractivity contribution is 0.0963. The molecule has 0 spiro atoms. The zero-order chi connectivity index (χ0) is 17.2. The second-order valence-electron chi connectivity index (χ2n) is 6.42. The van der Waals surface area contributed by atoms with Crippen LogP contribution in [0.3, 0.4) is 0 Å². The fourth-order valence-corrected chi connectivity index (χ4v) is 3.22. The predicted molar refractivity (Wildman–Crippen MR) is 99.2 cm³/mol. The Labute approximate surface area is 145 Å². The van der Waals surface area contributed by atoms with Crippen LogP contribution in [0.15, 0.2) is 29.3 Å². The SMILES string of the molecule is CN=C(NCCCC1CCCC1)NCc1ccc(C(=O)NC)cc1. The van der Waals surface area contributed by atoms with Gasteiger partial charge in [-0.25, -0.2) is 0 Å². The molecule has 0 heterocycles. The Bertz CT molecular complexity index is 533. The Morgan fingerprint density at radius 2 is 1.88 bits per heavy atom. The van der Waals surface area contributed by atoms with Crippen molar-refractivity contribution in [2.24, 2.45) is 10.9 Å². The monoisotopic (exact) mass is 330 g/mol. The molecule has 5 nitrogen and oxygen atoms in total. The summed E-state index contributed by atoms with van der Waals surface area (Å²) in [5.74, 6) is 1.71. The topological polar surface area (TPSA) is 65.5 Å². The largest absolute Gasteiger partial charge is 0.356 e. The molecule has 0 bridgehead atoms. The Morgan fingerprint density at radius 3 is 2.50 bits per heavy atom. The van der Waals surface area contributed by atoms with Crippen molar-refractivity contribution in [2.45, 2.75) is 45.1 Å². The Kier molecular flexibility index (Phi) is 7.59. The average molecular weight is 330 g/mol. The van der Waals surface area contributed by atoms with Gasteiger partial charge in [-0.05, 0) is 36.5 Å². The maximum absolute atomic E-state index is 11.5. The van der Waals surface area contributed by atoms with Gasteiger partial charge in [0.2, 0.25) is 0 Å². The molecule has 0 unspecified atom stereocenters. The van der Waals surface area contributed by atoms with Crippen LogP contribution in [-0.2, 0) is 6.54 Å². The number of benzene rings is 1. The van der Waals surface area contributed by atoms with Gasteiger partial charge < -0.3 is 16.0 Å². The molecule has 2 rings (SSSR count). The minimum absolute atomic E-state index is 0.0609. The third kappa shape index (κ3) is 5.87. The van der Waals surface area contributed by atoms with Crippen LogP contribution >= 0.6 is 0 Å². The van der Waals surface area contributed by atoms with E-state index in [9.17, 15) is 4.79 Å². The Morgan fingerprint density at radius 1 is 1.17 bits per heavy atom. The van der Waals surface area contributed by atoms with E-state index in [1.165, 1.54) is 38.5 Å². The van der Waals surface area contributed by atoms with E-state index in [1.807, 2.05) is 24.3 Å². The van der Waals surface area contributed by atoms with Crippen LogP contribution in [0.25, 0.3) is 0 Å². The van der Waals surface area contributed by atoms with Crippen molar-refractivity contribution < 1.29 is 4.79 Å². The van der Waals surface area contributed by atoms with Crippen molar-refractivity contribution in [3.63, 3.8) is 0 Å². The minimum Gasteiger partial charge on any atom is -0.356 e. The molecule has 132 valence electrons. The first kappa shape index (κ1) is 18.3. The molecule has 1 aromatic rings. The number of guanidine groups is 1. The second-order valence-corrected chi connectivity index (χ2v) is 6.42. The van der Waals surface area contributed by atoms with E-state index in [4.69, 9.17) is 0 Å². The molecule has 0 aromatic heterocycles. The van der Waals surface area contributed by atoms with E-state index in [1.54, 1.807) is 14.1 Å². The molecule has 3 N–H and O–H groups in total. The molecule has 1 amide bonds. The highest BCUT2D eigenvalue weighted by molar-refractivity contribution is 5.93. The highest BCUT2D eigenvalue weighted by atomic mass is 16.1. The zero-order valence-electron chi connectivity index (χ0n) is 14.9. The summed E-state index contributed by atoms with van der Waals surface area (Å²) >= 11 is 0. The summed E-state index contributed by atoms with van der Waals surface area (Å²) < 4.78 is 0. The number of rotatable bonds is 7. The number of nitrogens with zero attached hydrogens (tertiary/aromatic N) is 1. The molecule has 24 heavy (non-hydrogen) atoms. The lowest BCUT2D eigenvalue weighted by atomic mass is 10.0. The molecule has 1 fully saturated rings. The van der Waals surface area contributed by atoms with Crippen molar-refractivity contribution in [3.8, 4) is 0 Å². The van der Waals surface area contributed by atoms with E-state index in [2.05, 4.69) is 20.9 Å². The molecule has 1 aromatic carbocycles. The summed E-state index contributed by atoms with van der Waals surface area (Å²) in [5.41, 5.74) is 1.80. The van der Waals surface area contributed by atoms with Gasteiger partial charge in [0.15, 0.2) is 5.96 Å². The fraction of sp³-hybridized carbons (Fsp3) is 0.579. The smallest absolute Gasteiger partial charge is 0.251 e. The van der Waals surface area contributed by atoms with Gasteiger partial charge in [0, 0.05) is 32.7 Å². The van der Waals surface area contributed by atoms with Crippen LogP contribution < -0.4 is 16.0 Å².